The lowest BCUT2D eigenvalue weighted by molar-refractivity contribution is -0.123. The van der Waals surface area contributed by atoms with Crippen molar-refractivity contribution in [3.8, 4) is 0 Å². The SMILES string of the molecule is O=C(NCC1CC=CC1)C1NCc2ncncc21. The van der Waals surface area contributed by atoms with Crippen LogP contribution in [0.15, 0.2) is 24.7 Å². The van der Waals surface area contributed by atoms with E-state index in [0.29, 0.717) is 12.5 Å². The molecular formula is C13H16N4O. The van der Waals surface area contributed by atoms with Gasteiger partial charge in [0.15, 0.2) is 0 Å². The van der Waals surface area contributed by atoms with Crippen LogP contribution in [0.1, 0.15) is 30.1 Å². The lowest BCUT2D eigenvalue weighted by Gasteiger charge is -2.15. The van der Waals surface area contributed by atoms with Crippen LogP contribution in [0.5, 0.6) is 0 Å². The van der Waals surface area contributed by atoms with Crippen LogP contribution >= 0.6 is 0 Å². The van der Waals surface area contributed by atoms with Crippen molar-refractivity contribution in [3.63, 3.8) is 0 Å². The summed E-state index contributed by atoms with van der Waals surface area (Å²) < 4.78 is 0. The fraction of sp³-hybridized carbons (Fsp3) is 0.462. The van der Waals surface area contributed by atoms with Crippen molar-refractivity contribution in [2.75, 3.05) is 6.54 Å². The largest absolute Gasteiger partial charge is 0.354 e. The first-order chi connectivity index (χ1) is 8.84. The van der Waals surface area contributed by atoms with Crippen molar-refractivity contribution in [2.24, 2.45) is 5.92 Å². The summed E-state index contributed by atoms with van der Waals surface area (Å²) in [6, 6.07) is -0.296. The molecule has 1 unspecified atom stereocenters. The maximum absolute atomic E-state index is 12.1. The minimum atomic E-state index is -0.296. The first-order valence-electron chi connectivity index (χ1n) is 6.29. The Bertz CT molecular complexity index is 478. The zero-order valence-corrected chi connectivity index (χ0v) is 10.1. The van der Waals surface area contributed by atoms with Gasteiger partial charge in [-0.15, -0.1) is 0 Å². The van der Waals surface area contributed by atoms with Gasteiger partial charge in [-0.2, -0.15) is 0 Å². The number of nitrogens with zero attached hydrogens (tertiary/aromatic N) is 2. The normalized spacial score (nSPS) is 22.1. The molecule has 1 atom stereocenters. The number of carbonyl (C=O) groups excluding carboxylic acids is 1. The van der Waals surface area contributed by atoms with Crippen molar-refractivity contribution >= 4 is 5.91 Å². The second kappa shape index (κ2) is 4.86. The van der Waals surface area contributed by atoms with E-state index in [1.54, 1.807) is 6.20 Å². The summed E-state index contributed by atoms with van der Waals surface area (Å²) in [4.78, 5) is 20.3. The maximum atomic E-state index is 12.1. The van der Waals surface area contributed by atoms with Gasteiger partial charge in [0.1, 0.15) is 12.4 Å². The minimum Gasteiger partial charge on any atom is -0.354 e. The van der Waals surface area contributed by atoms with E-state index in [-0.39, 0.29) is 11.9 Å². The Morgan fingerprint density at radius 2 is 2.28 bits per heavy atom. The number of hydrogen-bond acceptors (Lipinski definition) is 4. The van der Waals surface area contributed by atoms with Gasteiger partial charge in [0.2, 0.25) is 5.91 Å². The molecule has 2 N–H and O–H groups in total. The van der Waals surface area contributed by atoms with E-state index in [1.807, 2.05) is 0 Å². The third-order valence-corrected chi connectivity index (χ3v) is 3.54. The minimum absolute atomic E-state index is 0.0236. The van der Waals surface area contributed by atoms with Crippen molar-refractivity contribution in [2.45, 2.75) is 25.4 Å². The summed E-state index contributed by atoms with van der Waals surface area (Å²) >= 11 is 0. The highest BCUT2D eigenvalue weighted by Gasteiger charge is 2.29. The van der Waals surface area contributed by atoms with Gasteiger partial charge in [0.05, 0.1) is 5.69 Å². The number of nitrogens with one attached hydrogen (secondary N) is 2. The molecular weight excluding hydrogens is 228 g/mol. The second-order valence-corrected chi connectivity index (χ2v) is 4.79. The molecule has 0 bridgehead atoms. The molecule has 1 aliphatic carbocycles. The summed E-state index contributed by atoms with van der Waals surface area (Å²) in [7, 11) is 0. The van der Waals surface area contributed by atoms with E-state index in [1.165, 1.54) is 6.33 Å². The first-order valence-corrected chi connectivity index (χ1v) is 6.29. The molecule has 5 nitrogen and oxygen atoms in total. The molecule has 2 heterocycles. The Morgan fingerprint density at radius 3 is 3.11 bits per heavy atom. The van der Waals surface area contributed by atoms with Crippen LogP contribution in [-0.2, 0) is 11.3 Å². The Morgan fingerprint density at radius 1 is 1.44 bits per heavy atom. The van der Waals surface area contributed by atoms with Crippen LogP contribution in [0.3, 0.4) is 0 Å². The Balaban J connectivity index is 1.60. The molecule has 18 heavy (non-hydrogen) atoms. The molecule has 0 spiro atoms. The Kier molecular flexibility index (Phi) is 3.06. The van der Waals surface area contributed by atoms with Crippen LogP contribution in [0, 0.1) is 5.92 Å². The summed E-state index contributed by atoms with van der Waals surface area (Å²) in [6.45, 7) is 1.38. The molecule has 0 fully saturated rings. The maximum Gasteiger partial charge on any atom is 0.241 e. The predicted molar refractivity (Wildman–Crippen MR) is 66.5 cm³/mol. The molecule has 0 saturated heterocycles. The van der Waals surface area contributed by atoms with Crippen LogP contribution in [0.25, 0.3) is 0 Å². The lowest BCUT2D eigenvalue weighted by atomic mass is 10.1. The van der Waals surface area contributed by atoms with Crippen LogP contribution in [-0.4, -0.2) is 22.4 Å². The molecule has 1 aromatic heterocycles. The number of hydrogen-bond donors (Lipinski definition) is 2. The zero-order chi connectivity index (χ0) is 12.4. The van der Waals surface area contributed by atoms with Crippen LogP contribution < -0.4 is 10.6 Å². The molecule has 1 amide bonds. The van der Waals surface area contributed by atoms with Gasteiger partial charge < -0.3 is 5.32 Å². The summed E-state index contributed by atoms with van der Waals surface area (Å²) in [6.07, 6.45) is 9.73. The molecule has 5 heteroatoms. The molecule has 0 radical (unpaired) electrons. The smallest absolute Gasteiger partial charge is 0.241 e. The highest BCUT2D eigenvalue weighted by atomic mass is 16.2. The van der Waals surface area contributed by atoms with Gasteiger partial charge in [-0.25, -0.2) is 9.97 Å². The van der Waals surface area contributed by atoms with Crippen molar-refractivity contribution < 1.29 is 4.79 Å². The van der Waals surface area contributed by atoms with Crippen LogP contribution in [0.4, 0.5) is 0 Å². The molecule has 0 saturated carbocycles. The van der Waals surface area contributed by atoms with Gasteiger partial charge in [-0.05, 0) is 18.8 Å². The highest BCUT2D eigenvalue weighted by molar-refractivity contribution is 5.84. The fourth-order valence-electron chi connectivity index (χ4n) is 2.48. The molecule has 1 aromatic rings. The monoisotopic (exact) mass is 244 g/mol. The van der Waals surface area contributed by atoms with Crippen molar-refractivity contribution in [3.05, 3.63) is 35.9 Å². The van der Waals surface area contributed by atoms with Crippen LogP contribution in [0.2, 0.25) is 0 Å². The summed E-state index contributed by atoms with van der Waals surface area (Å²) in [5.74, 6) is 0.581. The fourth-order valence-corrected chi connectivity index (χ4v) is 2.48. The standard InChI is InChI=1S/C13H16N4O/c18-13(16-5-9-3-1-2-4-9)12-10-6-14-8-17-11(10)7-15-12/h1-2,6,8-9,12,15H,3-5,7H2,(H,16,18). The van der Waals surface area contributed by atoms with Crippen molar-refractivity contribution in [1.29, 1.82) is 0 Å². The first kappa shape index (κ1) is 11.3. The van der Waals surface area contributed by atoms with Gasteiger partial charge in [-0.3, -0.25) is 10.1 Å². The number of allylic oxidation sites excluding steroid dienone is 2. The van der Waals surface area contributed by atoms with E-state index in [9.17, 15) is 4.79 Å². The number of aromatic nitrogens is 2. The molecule has 1 aliphatic heterocycles. The predicted octanol–water partition coefficient (Wildman–Crippen LogP) is 0.703. The number of fused-ring (bicyclic) bond motifs is 1. The van der Waals surface area contributed by atoms with Gasteiger partial charge in [0.25, 0.3) is 0 Å². The van der Waals surface area contributed by atoms with E-state index in [2.05, 4.69) is 32.8 Å². The average molecular weight is 244 g/mol. The van der Waals surface area contributed by atoms with Gasteiger partial charge in [-0.1, -0.05) is 12.2 Å². The lowest BCUT2D eigenvalue weighted by Crippen LogP contribution is -2.36. The zero-order valence-electron chi connectivity index (χ0n) is 10.1. The Labute approximate surface area is 106 Å². The van der Waals surface area contributed by atoms with Crippen molar-refractivity contribution in [1.82, 2.24) is 20.6 Å². The summed E-state index contributed by atoms with van der Waals surface area (Å²) in [5, 5.41) is 6.18. The molecule has 94 valence electrons. The Hall–Kier alpha value is -1.75. The molecule has 2 aliphatic rings. The summed E-state index contributed by atoms with van der Waals surface area (Å²) in [5.41, 5.74) is 1.83. The topological polar surface area (TPSA) is 66.9 Å². The third-order valence-electron chi connectivity index (χ3n) is 3.54. The molecule has 3 rings (SSSR count). The number of carbonyl (C=O) groups is 1. The van der Waals surface area contributed by atoms with Gasteiger partial charge in [0, 0.05) is 24.8 Å². The van der Waals surface area contributed by atoms with E-state index in [4.69, 9.17) is 0 Å². The number of amides is 1. The third kappa shape index (κ3) is 2.13. The second-order valence-electron chi connectivity index (χ2n) is 4.79. The number of rotatable bonds is 3. The van der Waals surface area contributed by atoms with E-state index < -0.39 is 0 Å². The van der Waals surface area contributed by atoms with E-state index >= 15 is 0 Å². The van der Waals surface area contributed by atoms with Gasteiger partial charge >= 0.3 is 0 Å². The average Bonchev–Trinajstić information content (AvgIpc) is 3.05. The van der Waals surface area contributed by atoms with E-state index in [0.717, 1.165) is 30.6 Å². The quantitative estimate of drug-likeness (QED) is 0.768. The molecule has 0 aromatic carbocycles. The highest BCUT2D eigenvalue weighted by Crippen LogP contribution is 2.23.